The van der Waals surface area contributed by atoms with Crippen LogP contribution in [0.15, 0.2) is 23.2 Å². The van der Waals surface area contributed by atoms with Crippen molar-refractivity contribution in [1.82, 2.24) is 10.6 Å². The lowest BCUT2D eigenvalue weighted by Gasteiger charge is -2.29. The van der Waals surface area contributed by atoms with Gasteiger partial charge >= 0.3 is 0 Å². The van der Waals surface area contributed by atoms with Gasteiger partial charge in [-0.3, -0.25) is 0 Å². The van der Waals surface area contributed by atoms with Crippen molar-refractivity contribution in [1.29, 1.82) is 0 Å². The van der Waals surface area contributed by atoms with Crippen molar-refractivity contribution in [3.05, 3.63) is 29.6 Å². The molecule has 1 saturated heterocycles. The van der Waals surface area contributed by atoms with Crippen LogP contribution >= 0.6 is 24.0 Å². The Hall–Kier alpha value is -1.13. The fourth-order valence-corrected chi connectivity index (χ4v) is 3.61. The zero-order valence-electron chi connectivity index (χ0n) is 16.5. The standard InChI is InChI=1S/C20H31FN4O2.HI/c1-2-22-20(24-16-4-6-17(26)7-5-16)23-14-15-3-8-19(18(21)13-15)25-9-11-27-12-10-25;/h3,8,13,16-17,26H,2,4-7,9-12,14H2,1H3,(H2,22,23,24);1H. The van der Waals surface area contributed by atoms with Crippen molar-refractivity contribution in [2.45, 2.75) is 51.3 Å². The lowest BCUT2D eigenvalue weighted by Crippen LogP contribution is -2.45. The number of aliphatic hydroxyl groups is 1. The number of nitrogens with zero attached hydrogens (tertiary/aromatic N) is 2. The fourth-order valence-electron chi connectivity index (χ4n) is 3.61. The molecule has 0 radical (unpaired) electrons. The highest BCUT2D eigenvalue weighted by molar-refractivity contribution is 14.0. The number of aliphatic hydroxyl groups excluding tert-OH is 1. The first-order valence-electron chi connectivity index (χ1n) is 9.99. The number of hydrogen-bond donors (Lipinski definition) is 3. The van der Waals surface area contributed by atoms with Crippen LogP contribution in [0, 0.1) is 5.82 Å². The van der Waals surface area contributed by atoms with Crippen molar-refractivity contribution in [2.24, 2.45) is 4.99 Å². The molecule has 0 unspecified atom stereocenters. The van der Waals surface area contributed by atoms with Crippen molar-refractivity contribution >= 4 is 35.6 Å². The third-order valence-corrected chi connectivity index (χ3v) is 5.17. The smallest absolute Gasteiger partial charge is 0.191 e. The number of halogens is 2. The normalized spacial score (nSPS) is 23.1. The van der Waals surface area contributed by atoms with E-state index in [9.17, 15) is 9.50 Å². The van der Waals surface area contributed by atoms with Gasteiger partial charge < -0.3 is 25.4 Å². The minimum Gasteiger partial charge on any atom is -0.393 e. The van der Waals surface area contributed by atoms with Gasteiger partial charge in [-0.15, -0.1) is 24.0 Å². The maximum atomic E-state index is 14.5. The largest absolute Gasteiger partial charge is 0.393 e. The van der Waals surface area contributed by atoms with Gasteiger partial charge in [0.05, 0.1) is 31.5 Å². The van der Waals surface area contributed by atoms with Gasteiger partial charge in [-0.1, -0.05) is 6.07 Å². The molecular weight excluding hydrogens is 474 g/mol. The fraction of sp³-hybridized carbons (Fsp3) is 0.650. The van der Waals surface area contributed by atoms with E-state index in [1.54, 1.807) is 6.07 Å². The van der Waals surface area contributed by atoms with Gasteiger partial charge in [-0.25, -0.2) is 9.38 Å². The number of hydrogen-bond acceptors (Lipinski definition) is 4. The maximum Gasteiger partial charge on any atom is 0.191 e. The summed E-state index contributed by atoms with van der Waals surface area (Å²) in [5.41, 5.74) is 1.48. The molecule has 3 rings (SSSR count). The maximum absolute atomic E-state index is 14.5. The molecule has 158 valence electrons. The molecule has 0 bridgehead atoms. The molecule has 1 saturated carbocycles. The van der Waals surface area contributed by atoms with Gasteiger partial charge in [0.25, 0.3) is 0 Å². The average molecular weight is 506 g/mol. The van der Waals surface area contributed by atoms with Crippen molar-refractivity contribution in [3.63, 3.8) is 0 Å². The second-order valence-electron chi connectivity index (χ2n) is 7.23. The molecule has 1 aliphatic heterocycles. The third kappa shape index (κ3) is 6.73. The van der Waals surface area contributed by atoms with Crippen molar-refractivity contribution in [3.8, 4) is 0 Å². The van der Waals surface area contributed by atoms with Crippen LogP contribution in [0.3, 0.4) is 0 Å². The summed E-state index contributed by atoms with van der Waals surface area (Å²) in [5.74, 6) is 0.542. The molecule has 28 heavy (non-hydrogen) atoms. The van der Waals surface area contributed by atoms with Crippen LogP contribution in [0.25, 0.3) is 0 Å². The second-order valence-corrected chi connectivity index (χ2v) is 7.23. The summed E-state index contributed by atoms with van der Waals surface area (Å²) in [6.07, 6.45) is 3.36. The van der Waals surface area contributed by atoms with Gasteiger partial charge in [0.1, 0.15) is 5.82 Å². The molecule has 2 fully saturated rings. The van der Waals surface area contributed by atoms with E-state index in [0.717, 1.165) is 56.8 Å². The van der Waals surface area contributed by atoms with Crippen LogP contribution in [0.1, 0.15) is 38.2 Å². The lowest BCUT2D eigenvalue weighted by atomic mass is 9.93. The van der Waals surface area contributed by atoms with Gasteiger partial charge in [-0.2, -0.15) is 0 Å². The van der Waals surface area contributed by atoms with Crippen LogP contribution in [0.4, 0.5) is 10.1 Å². The van der Waals surface area contributed by atoms with Crippen LogP contribution in [0.2, 0.25) is 0 Å². The highest BCUT2D eigenvalue weighted by atomic mass is 127. The van der Waals surface area contributed by atoms with Crippen LogP contribution in [-0.2, 0) is 11.3 Å². The molecule has 0 amide bonds. The SMILES string of the molecule is CCNC(=NCc1ccc(N2CCOCC2)c(F)c1)NC1CCC(O)CC1.I. The van der Waals surface area contributed by atoms with Gasteiger partial charge in [0.2, 0.25) is 0 Å². The van der Waals surface area contributed by atoms with Gasteiger partial charge in [0, 0.05) is 25.7 Å². The van der Waals surface area contributed by atoms with Crippen LogP contribution in [0.5, 0.6) is 0 Å². The number of ether oxygens (including phenoxy) is 1. The number of morpholine rings is 1. The van der Waals surface area contributed by atoms with E-state index in [4.69, 9.17) is 4.74 Å². The summed E-state index contributed by atoms with van der Waals surface area (Å²) in [5, 5.41) is 16.3. The number of aliphatic imine (C=N–C) groups is 1. The van der Waals surface area contributed by atoms with Crippen molar-refractivity contribution < 1.29 is 14.2 Å². The third-order valence-electron chi connectivity index (χ3n) is 5.17. The Morgan fingerprint density at radius 2 is 1.96 bits per heavy atom. The number of rotatable bonds is 5. The molecule has 1 heterocycles. The van der Waals surface area contributed by atoms with E-state index >= 15 is 0 Å². The van der Waals surface area contributed by atoms with E-state index in [1.165, 1.54) is 0 Å². The van der Waals surface area contributed by atoms with Crippen LogP contribution < -0.4 is 15.5 Å². The second kappa shape index (κ2) is 11.8. The van der Waals surface area contributed by atoms with Crippen LogP contribution in [-0.4, -0.2) is 56.1 Å². The molecule has 1 aromatic rings. The summed E-state index contributed by atoms with van der Waals surface area (Å²) in [4.78, 5) is 6.63. The van der Waals surface area contributed by atoms with Gasteiger partial charge in [-0.05, 0) is 50.3 Å². The molecular formula is C20H32FIN4O2. The molecule has 3 N–H and O–H groups in total. The average Bonchev–Trinajstić information content (AvgIpc) is 2.69. The summed E-state index contributed by atoms with van der Waals surface area (Å²) in [6, 6.07) is 5.69. The molecule has 0 spiro atoms. The summed E-state index contributed by atoms with van der Waals surface area (Å²) in [7, 11) is 0. The molecule has 1 aromatic carbocycles. The predicted octanol–water partition coefficient (Wildman–Crippen LogP) is 2.64. The molecule has 2 aliphatic rings. The van der Waals surface area contributed by atoms with Crippen molar-refractivity contribution in [2.75, 3.05) is 37.7 Å². The summed E-state index contributed by atoms with van der Waals surface area (Å²) < 4.78 is 19.9. The van der Waals surface area contributed by atoms with E-state index < -0.39 is 0 Å². The lowest BCUT2D eigenvalue weighted by molar-refractivity contribution is 0.120. The molecule has 8 heteroatoms. The van der Waals surface area contributed by atoms with E-state index in [1.807, 2.05) is 24.0 Å². The zero-order chi connectivity index (χ0) is 19.1. The number of anilines is 1. The number of nitrogens with one attached hydrogen (secondary N) is 2. The monoisotopic (exact) mass is 506 g/mol. The quantitative estimate of drug-likeness (QED) is 0.326. The van der Waals surface area contributed by atoms with E-state index in [0.29, 0.717) is 31.5 Å². The Kier molecular flexibility index (Phi) is 9.73. The topological polar surface area (TPSA) is 69.1 Å². The number of benzene rings is 1. The Bertz CT molecular complexity index is 633. The Labute approximate surface area is 184 Å². The number of guanidine groups is 1. The summed E-state index contributed by atoms with van der Waals surface area (Å²) in [6.45, 7) is 5.94. The Morgan fingerprint density at radius 3 is 2.61 bits per heavy atom. The summed E-state index contributed by atoms with van der Waals surface area (Å²) >= 11 is 0. The first-order chi connectivity index (χ1) is 13.2. The molecule has 0 atom stereocenters. The zero-order valence-corrected chi connectivity index (χ0v) is 18.8. The first kappa shape index (κ1) is 23.2. The Balaban J connectivity index is 0.00000280. The molecule has 1 aliphatic carbocycles. The Morgan fingerprint density at radius 1 is 1.25 bits per heavy atom. The molecule has 6 nitrogen and oxygen atoms in total. The predicted molar refractivity (Wildman–Crippen MR) is 121 cm³/mol. The minimum atomic E-state index is -0.205. The van der Waals surface area contributed by atoms with Gasteiger partial charge in [0.15, 0.2) is 5.96 Å². The van der Waals surface area contributed by atoms with E-state index in [-0.39, 0.29) is 35.9 Å². The van der Waals surface area contributed by atoms with E-state index in [2.05, 4.69) is 15.6 Å². The molecule has 0 aromatic heterocycles. The first-order valence-corrected chi connectivity index (χ1v) is 9.99. The highest BCUT2D eigenvalue weighted by Crippen LogP contribution is 2.22. The minimum absolute atomic E-state index is 0. The highest BCUT2D eigenvalue weighted by Gasteiger charge is 2.20.